The van der Waals surface area contributed by atoms with Crippen molar-refractivity contribution < 1.29 is 18.0 Å². The van der Waals surface area contributed by atoms with Gasteiger partial charge in [0.1, 0.15) is 0 Å². The third-order valence-electron chi connectivity index (χ3n) is 2.71. The molecule has 96 valence electrons. The molecule has 0 radical (unpaired) electrons. The number of nitrogens with one attached hydrogen (secondary N) is 1. The van der Waals surface area contributed by atoms with Crippen LogP contribution >= 0.6 is 0 Å². The Bertz CT molecular complexity index is 520. The minimum Gasteiger partial charge on any atom is -0.366 e. The molecule has 0 bridgehead atoms. The molecule has 6 heteroatoms. The number of primary amides is 1. The number of para-hydroxylation sites is 1. The summed E-state index contributed by atoms with van der Waals surface area (Å²) in [6, 6.07) is 6.89. The zero-order chi connectivity index (χ0) is 13.3. The van der Waals surface area contributed by atoms with Gasteiger partial charge in [-0.1, -0.05) is 18.2 Å². The van der Waals surface area contributed by atoms with Gasteiger partial charge in [0.2, 0.25) is 5.91 Å². The fraction of sp³-hybridized carbons (Fsp3) is 0.250. The first-order valence-electron chi connectivity index (χ1n) is 5.30. The van der Waals surface area contributed by atoms with Crippen molar-refractivity contribution in [3.8, 4) is 0 Å². The van der Waals surface area contributed by atoms with Crippen molar-refractivity contribution in [3.63, 3.8) is 0 Å². The van der Waals surface area contributed by atoms with E-state index in [1.807, 2.05) is 0 Å². The van der Waals surface area contributed by atoms with Crippen LogP contribution < -0.4 is 11.1 Å². The number of halogens is 3. The molecule has 0 fully saturated rings. The highest BCUT2D eigenvalue weighted by Gasteiger charge is 2.33. The molecular weight excluding hydrogens is 245 g/mol. The average Bonchev–Trinajstić information content (AvgIpc) is 2.25. The van der Waals surface area contributed by atoms with E-state index in [4.69, 9.17) is 5.73 Å². The van der Waals surface area contributed by atoms with Gasteiger partial charge in [0.15, 0.2) is 0 Å². The molecule has 3 N–H and O–H groups in total. The van der Waals surface area contributed by atoms with Crippen molar-refractivity contribution in [1.82, 2.24) is 0 Å². The van der Waals surface area contributed by atoms with Gasteiger partial charge < -0.3 is 11.1 Å². The number of nitrogens with two attached hydrogens (primary N) is 1. The van der Waals surface area contributed by atoms with Gasteiger partial charge in [-0.05, 0) is 11.6 Å². The van der Waals surface area contributed by atoms with Gasteiger partial charge in [-0.2, -0.15) is 13.2 Å². The van der Waals surface area contributed by atoms with Crippen molar-refractivity contribution in [2.24, 2.45) is 5.73 Å². The highest BCUT2D eigenvalue weighted by atomic mass is 19.4. The minimum absolute atomic E-state index is 0.00831. The topological polar surface area (TPSA) is 55.1 Å². The van der Waals surface area contributed by atoms with Crippen molar-refractivity contribution in [2.75, 3.05) is 5.32 Å². The first-order chi connectivity index (χ1) is 8.37. The van der Waals surface area contributed by atoms with Gasteiger partial charge >= 0.3 is 6.18 Å². The zero-order valence-corrected chi connectivity index (χ0v) is 9.34. The molecule has 2 rings (SSSR count). The fourth-order valence-corrected chi connectivity index (χ4v) is 1.92. The van der Waals surface area contributed by atoms with Gasteiger partial charge in [0.05, 0.1) is 6.42 Å². The smallest absolute Gasteiger partial charge is 0.366 e. The monoisotopic (exact) mass is 256 g/mol. The number of carbonyl (C=O) groups is 1. The van der Waals surface area contributed by atoms with Crippen LogP contribution in [0.2, 0.25) is 0 Å². The fourth-order valence-electron chi connectivity index (χ4n) is 1.92. The molecule has 1 amide bonds. The van der Waals surface area contributed by atoms with E-state index in [-0.39, 0.29) is 17.7 Å². The van der Waals surface area contributed by atoms with Crippen LogP contribution in [0.4, 0.5) is 18.9 Å². The number of alkyl halides is 3. The first-order valence-corrected chi connectivity index (χ1v) is 5.30. The maximum atomic E-state index is 12.4. The summed E-state index contributed by atoms with van der Waals surface area (Å²) in [6.45, 7) is 0. The third-order valence-corrected chi connectivity index (χ3v) is 2.71. The molecule has 0 unspecified atom stereocenters. The van der Waals surface area contributed by atoms with E-state index in [9.17, 15) is 18.0 Å². The number of benzene rings is 1. The number of hydrogen-bond acceptors (Lipinski definition) is 2. The van der Waals surface area contributed by atoms with Crippen LogP contribution in [0.15, 0.2) is 35.5 Å². The number of carbonyl (C=O) groups excluding carboxylic acids is 1. The molecule has 1 aromatic rings. The molecule has 0 saturated heterocycles. The van der Waals surface area contributed by atoms with E-state index < -0.39 is 18.5 Å². The lowest BCUT2D eigenvalue weighted by Crippen LogP contribution is -2.26. The van der Waals surface area contributed by atoms with E-state index in [0.717, 1.165) is 5.56 Å². The maximum absolute atomic E-state index is 12.4. The predicted octanol–water partition coefficient (Wildman–Crippen LogP) is 2.35. The highest BCUT2D eigenvalue weighted by molar-refractivity contribution is 5.95. The lowest BCUT2D eigenvalue weighted by atomic mass is 9.95. The molecule has 0 spiro atoms. The summed E-state index contributed by atoms with van der Waals surface area (Å²) in [5.74, 6) is -0.823. The molecule has 1 aliphatic heterocycles. The van der Waals surface area contributed by atoms with E-state index in [1.54, 1.807) is 24.3 Å². The van der Waals surface area contributed by atoms with Crippen LogP contribution in [0.5, 0.6) is 0 Å². The second-order valence-electron chi connectivity index (χ2n) is 4.07. The summed E-state index contributed by atoms with van der Waals surface area (Å²) in [7, 11) is 0. The van der Waals surface area contributed by atoms with E-state index in [2.05, 4.69) is 5.32 Å². The molecule has 1 aliphatic rings. The van der Waals surface area contributed by atoms with E-state index >= 15 is 0 Å². The van der Waals surface area contributed by atoms with Crippen LogP contribution in [0.1, 0.15) is 12.0 Å². The van der Waals surface area contributed by atoms with Crippen LogP contribution in [0.3, 0.4) is 0 Å². The molecular formula is C12H11F3N2O. The Morgan fingerprint density at radius 2 is 2.00 bits per heavy atom. The summed E-state index contributed by atoms with van der Waals surface area (Å²) in [4.78, 5) is 11.2. The SMILES string of the molecule is NC(=O)C1=C(CC(F)(F)F)Nc2ccccc2C1. The Hall–Kier alpha value is -1.98. The lowest BCUT2D eigenvalue weighted by Gasteiger charge is -2.24. The number of hydrogen-bond donors (Lipinski definition) is 2. The molecule has 1 heterocycles. The third kappa shape index (κ3) is 2.64. The maximum Gasteiger partial charge on any atom is 0.394 e. The van der Waals surface area contributed by atoms with Gasteiger partial charge in [-0.3, -0.25) is 4.79 Å². The summed E-state index contributed by atoms with van der Waals surface area (Å²) in [6.07, 6.45) is -5.43. The van der Waals surface area contributed by atoms with E-state index in [1.165, 1.54) is 0 Å². The largest absolute Gasteiger partial charge is 0.394 e. The van der Waals surface area contributed by atoms with Crippen molar-refractivity contribution in [2.45, 2.75) is 19.0 Å². The summed E-state index contributed by atoms with van der Waals surface area (Å²) in [5, 5.41) is 2.64. The molecule has 0 atom stereocenters. The van der Waals surface area contributed by atoms with Gasteiger partial charge in [-0.25, -0.2) is 0 Å². The van der Waals surface area contributed by atoms with E-state index in [0.29, 0.717) is 5.69 Å². The molecule has 3 nitrogen and oxygen atoms in total. The Balaban J connectivity index is 2.37. The normalized spacial score (nSPS) is 15.1. The second-order valence-corrected chi connectivity index (χ2v) is 4.07. The van der Waals surface area contributed by atoms with Crippen LogP contribution in [-0.2, 0) is 11.2 Å². The second kappa shape index (κ2) is 4.36. The quantitative estimate of drug-likeness (QED) is 0.853. The van der Waals surface area contributed by atoms with Crippen molar-refractivity contribution in [3.05, 3.63) is 41.1 Å². The summed E-state index contributed by atoms with van der Waals surface area (Å²) < 4.78 is 37.3. The van der Waals surface area contributed by atoms with Gasteiger partial charge in [0.25, 0.3) is 0 Å². The van der Waals surface area contributed by atoms with Gasteiger partial charge in [-0.15, -0.1) is 0 Å². The first kappa shape index (κ1) is 12.5. The van der Waals surface area contributed by atoms with Crippen molar-refractivity contribution >= 4 is 11.6 Å². The summed E-state index contributed by atoms with van der Waals surface area (Å²) >= 11 is 0. The number of allylic oxidation sites excluding steroid dienone is 1. The number of anilines is 1. The predicted molar refractivity (Wildman–Crippen MR) is 60.7 cm³/mol. The van der Waals surface area contributed by atoms with Crippen LogP contribution in [0.25, 0.3) is 0 Å². The molecule has 0 aliphatic carbocycles. The zero-order valence-electron chi connectivity index (χ0n) is 9.34. The standard InChI is InChI=1S/C12H11F3N2O/c13-12(14,15)6-10-8(11(16)18)5-7-3-1-2-4-9(7)17-10/h1-4,17H,5-6H2,(H2,16,18). The Morgan fingerprint density at radius 1 is 1.33 bits per heavy atom. The Kier molecular flexibility index (Phi) is 3.02. The number of fused-ring (bicyclic) bond motifs is 1. The average molecular weight is 256 g/mol. The van der Waals surface area contributed by atoms with Crippen LogP contribution in [0, 0.1) is 0 Å². The molecule has 18 heavy (non-hydrogen) atoms. The van der Waals surface area contributed by atoms with Crippen LogP contribution in [-0.4, -0.2) is 12.1 Å². The number of amides is 1. The summed E-state index contributed by atoms with van der Waals surface area (Å²) in [5.41, 5.74) is 6.31. The lowest BCUT2D eigenvalue weighted by molar-refractivity contribution is -0.127. The molecule has 0 aromatic heterocycles. The van der Waals surface area contributed by atoms with Gasteiger partial charge in [0, 0.05) is 23.4 Å². The minimum atomic E-state index is -4.38. The highest BCUT2D eigenvalue weighted by Crippen LogP contribution is 2.33. The Morgan fingerprint density at radius 3 is 2.61 bits per heavy atom. The molecule has 1 aromatic carbocycles. The molecule has 0 saturated carbocycles. The Labute approximate surface area is 101 Å². The number of rotatable bonds is 2. The van der Waals surface area contributed by atoms with Crippen molar-refractivity contribution in [1.29, 1.82) is 0 Å².